The Labute approximate surface area is 103 Å². The van der Waals surface area contributed by atoms with Crippen LogP contribution in [0.4, 0.5) is 5.88 Å². The molecule has 1 aromatic heterocycles. The molecular weight excluding hydrogens is 238 g/mol. The Morgan fingerprint density at radius 3 is 2.53 bits per heavy atom. The summed E-state index contributed by atoms with van der Waals surface area (Å²) < 4.78 is 5.07. The van der Waals surface area contributed by atoms with Gasteiger partial charge >= 0.3 is 5.88 Å². The molecule has 0 N–H and O–H groups in total. The van der Waals surface area contributed by atoms with Crippen molar-refractivity contribution in [3.05, 3.63) is 57.8 Å². The van der Waals surface area contributed by atoms with Gasteiger partial charge in [-0.05, 0) is 25.1 Å². The third kappa shape index (κ3) is 3.10. The Hall–Kier alpha value is -1.75. The van der Waals surface area contributed by atoms with Crippen LogP contribution in [0.3, 0.4) is 0 Å². The van der Waals surface area contributed by atoms with Crippen LogP contribution in [0.1, 0.15) is 11.3 Å². The van der Waals surface area contributed by atoms with Gasteiger partial charge in [-0.1, -0.05) is 17.7 Å². The fourth-order valence-electron chi connectivity index (χ4n) is 1.33. The van der Waals surface area contributed by atoms with Crippen LogP contribution in [0.15, 0.2) is 45.7 Å². The maximum absolute atomic E-state index is 10.4. The van der Waals surface area contributed by atoms with Crippen LogP contribution in [0.5, 0.6) is 0 Å². The van der Waals surface area contributed by atoms with Crippen LogP contribution >= 0.6 is 11.8 Å². The monoisotopic (exact) mass is 249 g/mol. The number of hydrogen-bond acceptors (Lipinski definition) is 4. The summed E-state index contributed by atoms with van der Waals surface area (Å²) >= 11 is 1.59. The van der Waals surface area contributed by atoms with Gasteiger partial charge in [0.25, 0.3) is 0 Å². The predicted molar refractivity (Wildman–Crippen MR) is 66.1 cm³/mol. The summed E-state index contributed by atoms with van der Waals surface area (Å²) in [5.74, 6) is 1.00. The van der Waals surface area contributed by atoms with E-state index in [9.17, 15) is 10.1 Å². The first-order valence-electron chi connectivity index (χ1n) is 5.08. The third-order valence-electron chi connectivity index (χ3n) is 2.23. The average molecular weight is 249 g/mol. The number of hydrogen-bond donors (Lipinski definition) is 0. The molecule has 0 atom stereocenters. The molecule has 0 fully saturated rings. The summed E-state index contributed by atoms with van der Waals surface area (Å²) in [7, 11) is 0. The van der Waals surface area contributed by atoms with Gasteiger partial charge in [0.15, 0.2) is 0 Å². The molecule has 88 valence electrons. The number of benzene rings is 1. The van der Waals surface area contributed by atoms with Crippen molar-refractivity contribution < 1.29 is 9.34 Å². The van der Waals surface area contributed by atoms with Crippen molar-refractivity contribution in [1.82, 2.24) is 0 Å². The Morgan fingerprint density at radius 1 is 1.24 bits per heavy atom. The summed E-state index contributed by atoms with van der Waals surface area (Å²) in [6, 6.07) is 11.1. The Kier molecular flexibility index (Phi) is 3.49. The molecule has 0 saturated carbocycles. The molecule has 0 saturated heterocycles. The van der Waals surface area contributed by atoms with E-state index < -0.39 is 4.92 Å². The second-order valence-corrected chi connectivity index (χ2v) is 4.65. The summed E-state index contributed by atoms with van der Waals surface area (Å²) in [5.41, 5.74) is 1.21. The average Bonchev–Trinajstić information content (AvgIpc) is 2.77. The number of thioether (sulfide) groups is 1. The van der Waals surface area contributed by atoms with Crippen LogP contribution < -0.4 is 0 Å². The topological polar surface area (TPSA) is 56.3 Å². The van der Waals surface area contributed by atoms with E-state index in [1.165, 1.54) is 11.6 Å². The molecule has 0 amide bonds. The van der Waals surface area contributed by atoms with Crippen molar-refractivity contribution in [3.8, 4) is 0 Å². The van der Waals surface area contributed by atoms with Gasteiger partial charge in [-0.2, -0.15) is 0 Å². The number of furan rings is 1. The van der Waals surface area contributed by atoms with Gasteiger partial charge in [-0.3, -0.25) is 10.1 Å². The third-order valence-corrected chi connectivity index (χ3v) is 3.26. The van der Waals surface area contributed by atoms with E-state index in [-0.39, 0.29) is 5.88 Å². The molecule has 5 heteroatoms. The lowest BCUT2D eigenvalue weighted by Crippen LogP contribution is -1.83. The fourth-order valence-corrected chi connectivity index (χ4v) is 2.12. The second kappa shape index (κ2) is 5.05. The van der Waals surface area contributed by atoms with Gasteiger partial charge in [0.1, 0.15) is 10.7 Å². The first-order chi connectivity index (χ1) is 8.15. The van der Waals surface area contributed by atoms with Crippen molar-refractivity contribution in [2.24, 2.45) is 0 Å². The Morgan fingerprint density at radius 2 is 1.94 bits per heavy atom. The highest BCUT2D eigenvalue weighted by atomic mass is 32.2. The van der Waals surface area contributed by atoms with Crippen molar-refractivity contribution in [1.29, 1.82) is 0 Å². The first-order valence-corrected chi connectivity index (χ1v) is 6.06. The summed E-state index contributed by atoms with van der Waals surface area (Å²) in [5, 5.41) is 10.4. The molecular formula is C12H11NO3S. The lowest BCUT2D eigenvalue weighted by Gasteiger charge is -1.99. The number of aryl methyl sites for hydroxylation is 1. The molecule has 1 aromatic carbocycles. The Bertz CT molecular complexity index is 519. The van der Waals surface area contributed by atoms with E-state index in [0.29, 0.717) is 11.5 Å². The van der Waals surface area contributed by atoms with Crippen LogP contribution in [0, 0.1) is 17.0 Å². The minimum absolute atomic E-state index is 0.204. The summed E-state index contributed by atoms with van der Waals surface area (Å²) in [4.78, 5) is 11.0. The largest absolute Gasteiger partial charge is 0.433 e. The second-order valence-electron chi connectivity index (χ2n) is 3.60. The lowest BCUT2D eigenvalue weighted by molar-refractivity contribution is -0.402. The van der Waals surface area contributed by atoms with Crippen LogP contribution in [-0.2, 0) is 5.75 Å². The molecule has 2 rings (SSSR count). The van der Waals surface area contributed by atoms with Crippen molar-refractivity contribution in [2.45, 2.75) is 17.6 Å². The van der Waals surface area contributed by atoms with E-state index in [2.05, 4.69) is 0 Å². The van der Waals surface area contributed by atoms with E-state index in [1.807, 2.05) is 31.2 Å². The number of nitrogens with zero attached hydrogens (tertiary/aromatic N) is 1. The number of rotatable bonds is 4. The quantitative estimate of drug-likeness (QED) is 0.470. The molecule has 0 aliphatic carbocycles. The normalized spacial score (nSPS) is 10.4. The zero-order valence-electron chi connectivity index (χ0n) is 9.25. The van der Waals surface area contributed by atoms with Gasteiger partial charge < -0.3 is 4.42 Å². The predicted octanol–water partition coefficient (Wildman–Crippen LogP) is 3.79. The van der Waals surface area contributed by atoms with Gasteiger partial charge in [0, 0.05) is 4.90 Å². The zero-order valence-corrected chi connectivity index (χ0v) is 10.1. The van der Waals surface area contributed by atoms with Crippen molar-refractivity contribution >= 4 is 17.6 Å². The van der Waals surface area contributed by atoms with Crippen LogP contribution in [-0.4, -0.2) is 4.92 Å². The highest BCUT2D eigenvalue weighted by Gasteiger charge is 2.11. The highest BCUT2D eigenvalue weighted by molar-refractivity contribution is 7.98. The first kappa shape index (κ1) is 11.7. The van der Waals surface area contributed by atoms with E-state index >= 15 is 0 Å². The van der Waals surface area contributed by atoms with Crippen molar-refractivity contribution in [3.63, 3.8) is 0 Å². The molecule has 0 spiro atoms. The molecule has 0 radical (unpaired) electrons. The van der Waals surface area contributed by atoms with Gasteiger partial charge in [-0.25, -0.2) is 0 Å². The van der Waals surface area contributed by atoms with E-state index in [1.54, 1.807) is 17.8 Å². The van der Waals surface area contributed by atoms with Gasteiger partial charge in [0.05, 0.1) is 11.8 Å². The minimum Gasteiger partial charge on any atom is -0.405 e. The minimum atomic E-state index is -0.528. The van der Waals surface area contributed by atoms with E-state index in [0.717, 1.165) is 4.90 Å². The lowest BCUT2D eigenvalue weighted by atomic mass is 10.2. The molecule has 17 heavy (non-hydrogen) atoms. The Balaban J connectivity index is 1.97. The maximum Gasteiger partial charge on any atom is 0.433 e. The van der Waals surface area contributed by atoms with Crippen LogP contribution in [0.25, 0.3) is 0 Å². The zero-order chi connectivity index (χ0) is 12.3. The fraction of sp³-hybridized carbons (Fsp3) is 0.167. The molecule has 0 unspecified atom stereocenters. The standard InChI is InChI=1S/C12H11NO3S/c1-9-2-5-11(6-3-9)17-8-10-4-7-12(16-10)13(14)15/h2-7H,8H2,1H3. The maximum atomic E-state index is 10.4. The highest BCUT2D eigenvalue weighted by Crippen LogP contribution is 2.25. The number of nitro groups is 1. The molecule has 4 nitrogen and oxygen atoms in total. The van der Waals surface area contributed by atoms with Gasteiger partial charge in [0.2, 0.25) is 0 Å². The summed E-state index contributed by atoms with van der Waals surface area (Å²) in [6.07, 6.45) is 0. The molecule has 0 aliphatic heterocycles. The molecule has 0 aliphatic rings. The summed E-state index contributed by atoms with van der Waals surface area (Å²) in [6.45, 7) is 2.03. The van der Waals surface area contributed by atoms with Crippen LogP contribution in [0.2, 0.25) is 0 Å². The van der Waals surface area contributed by atoms with E-state index in [4.69, 9.17) is 4.42 Å². The van der Waals surface area contributed by atoms with Crippen molar-refractivity contribution in [2.75, 3.05) is 0 Å². The van der Waals surface area contributed by atoms with Gasteiger partial charge in [-0.15, -0.1) is 11.8 Å². The molecule has 1 heterocycles. The molecule has 2 aromatic rings. The SMILES string of the molecule is Cc1ccc(SCc2ccc([N+](=O)[O-])o2)cc1. The molecule has 0 bridgehead atoms. The smallest absolute Gasteiger partial charge is 0.405 e.